The van der Waals surface area contributed by atoms with E-state index in [4.69, 9.17) is 44.1 Å². The molecule has 0 aliphatic heterocycles. The normalized spacial score (nSPS) is 11.3. The molecule has 1 N–H and O–H groups in total. The van der Waals surface area contributed by atoms with Crippen molar-refractivity contribution < 1.29 is 33.5 Å². The van der Waals surface area contributed by atoms with Crippen molar-refractivity contribution in [3.05, 3.63) is 120 Å². The van der Waals surface area contributed by atoms with Gasteiger partial charge in [0.05, 0.1) is 51.7 Å². The minimum absolute atomic E-state index is 0.0993. The second-order valence-electron chi connectivity index (χ2n) is 10.1. The van der Waals surface area contributed by atoms with E-state index in [9.17, 15) is 0 Å². The average Bonchev–Trinajstić information content (AvgIpc) is 3.13. The van der Waals surface area contributed by atoms with Gasteiger partial charge in [0, 0.05) is 25.2 Å². The van der Waals surface area contributed by atoms with Gasteiger partial charge in [0.15, 0.2) is 23.0 Å². The molecule has 0 saturated heterocycles. The summed E-state index contributed by atoms with van der Waals surface area (Å²) < 4.78 is 33.2. The van der Waals surface area contributed by atoms with Gasteiger partial charge in [-0.3, -0.25) is 0 Å². The van der Waals surface area contributed by atoms with Crippen molar-refractivity contribution in [2.24, 2.45) is 0 Å². The lowest BCUT2D eigenvalue weighted by Gasteiger charge is -2.20. The Balaban J connectivity index is 0.000000256. The SMILES string of the molecule is C=CCC(Oc1ccc(OC)c(OC)c1)c1ccc(C#N)cc1.COc1ccc(OC(CCCO)c2ccc(C#N)cc2)cc1OC. The Hall–Kier alpha value is -5.64. The number of hydrogen-bond acceptors (Lipinski definition) is 9. The molecule has 4 rings (SSSR count). The Morgan fingerprint density at radius 1 is 0.638 bits per heavy atom. The van der Waals surface area contributed by atoms with Gasteiger partial charge in [-0.05, 0) is 72.5 Å². The largest absolute Gasteiger partial charge is 0.493 e. The highest BCUT2D eigenvalue weighted by molar-refractivity contribution is 5.47. The molecule has 0 radical (unpaired) electrons. The Morgan fingerprint density at radius 3 is 1.45 bits per heavy atom. The highest BCUT2D eigenvalue weighted by atomic mass is 16.5. The standard InChI is InChI=1S/C19H21NO4.C19H19NO3/c1-22-18-10-9-16(12-19(18)23-2)24-17(4-3-11-21)15-7-5-14(13-20)6-8-15;1-4-5-17(15-8-6-14(13-20)7-9-15)23-16-10-11-18(21-2)19(12-16)22-3/h5-10,12,17,21H,3-4,11H2,1-2H3;4,6-12,17H,1,5H2,2-3H3. The van der Waals surface area contributed by atoms with Crippen LogP contribution in [0.5, 0.6) is 34.5 Å². The van der Waals surface area contributed by atoms with Gasteiger partial charge >= 0.3 is 0 Å². The van der Waals surface area contributed by atoms with Crippen LogP contribution in [0.25, 0.3) is 0 Å². The van der Waals surface area contributed by atoms with Crippen molar-refractivity contribution >= 4 is 0 Å². The fourth-order valence-electron chi connectivity index (χ4n) is 4.63. The Bertz CT molecular complexity index is 1640. The summed E-state index contributed by atoms with van der Waals surface area (Å²) in [5.74, 6) is 3.82. The third-order valence-corrected chi connectivity index (χ3v) is 7.09. The van der Waals surface area contributed by atoms with Gasteiger partial charge in [-0.1, -0.05) is 30.3 Å². The van der Waals surface area contributed by atoms with Crippen LogP contribution in [0.2, 0.25) is 0 Å². The number of rotatable bonds is 15. The zero-order valence-electron chi connectivity index (χ0n) is 27.1. The average molecular weight is 637 g/mol. The third-order valence-electron chi connectivity index (χ3n) is 7.09. The van der Waals surface area contributed by atoms with Gasteiger partial charge in [-0.2, -0.15) is 10.5 Å². The maximum atomic E-state index is 9.13. The molecular formula is C38H40N2O7. The van der Waals surface area contributed by atoms with Crippen molar-refractivity contribution in [3.8, 4) is 46.6 Å². The van der Waals surface area contributed by atoms with E-state index in [1.54, 1.807) is 77.0 Å². The van der Waals surface area contributed by atoms with Gasteiger partial charge in [-0.15, -0.1) is 6.58 Å². The first-order chi connectivity index (χ1) is 22.9. The van der Waals surface area contributed by atoms with Crippen molar-refractivity contribution in [1.82, 2.24) is 0 Å². The fraction of sp³-hybridized carbons (Fsp3) is 0.263. The van der Waals surface area contributed by atoms with E-state index >= 15 is 0 Å². The molecule has 2 atom stereocenters. The number of methoxy groups -OCH3 is 4. The number of hydrogen-bond donors (Lipinski definition) is 1. The van der Waals surface area contributed by atoms with Crippen LogP contribution >= 0.6 is 0 Å². The second-order valence-corrected chi connectivity index (χ2v) is 10.1. The molecule has 0 amide bonds. The van der Waals surface area contributed by atoms with Crippen molar-refractivity contribution in [2.45, 2.75) is 31.5 Å². The lowest BCUT2D eigenvalue weighted by Crippen LogP contribution is -2.09. The first kappa shape index (κ1) is 35.8. The molecule has 0 aliphatic rings. The molecule has 0 bridgehead atoms. The molecule has 47 heavy (non-hydrogen) atoms. The van der Waals surface area contributed by atoms with E-state index in [-0.39, 0.29) is 18.8 Å². The molecule has 0 heterocycles. The molecule has 0 fully saturated rings. The molecule has 9 nitrogen and oxygen atoms in total. The van der Waals surface area contributed by atoms with E-state index in [2.05, 4.69) is 18.7 Å². The van der Waals surface area contributed by atoms with Crippen LogP contribution in [0, 0.1) is 22.7 Å². The van der Waals surface area contributed by atoms with Gasteiger partial charge in [0.2, 0.25) is 0 Å². The van der Waals surface area contributed by atoms with Gasteiger partial charge in [-0.25, -0.2) is 0 Å². The minimum Gasteiger partial charge on any atom is -0.493 e. The molecule has 9 heteroatoms. The number of nitriles is 2. The molecule has 4 aromatic rings. The van der Waals surface area contributed by atoms with Crippen LogP contribution < -0.4 is 28.4 Å². The summed E-state index contributed by atoms with van der Waals surface area (Å²) in [6, 6.07) is 29.7. The lowest BCUT2D eigenvalue weighted by atomic mass is 10.0. The highest BCUT2D eigenvalue weighted by Gasteiger charge is 2.16. The monoisotopic (exact) mass is 636 g/mol. The van der Waals surface area contributed by atoms with E-state index in [0.717, 1.165) is 11.1 Å². The summed E-state index contributed by atoms with van der Waals surface area (Å²) in [4.78, 5) is 0. The number of aliphatic hydroxyl groups excluding tert-OH is 1. The first-order valence-corrected chi connectivity index (χ1v) is 14.9. The number of aliphatic hydroxyl groups is 1. The van der Waals surface area contributed by atoms with Crippen LogP contribution in [-0.2, 0) is 0 Å². The van der Waals surface area contributed by atoms with Crippen molar-refractivity contribution in [3.63, 3.8) is 0 Å². The summed E-state index contributed by atoms with van der Waals surface area (Å²) in [7, 11) is 6.34. The molecule has 4 aromatic carbocycles. The Labute approximate surface area is 276 Å². The number of benzene rings is 4. The Morgan fingerprint density at radius 2 is 1.06 bits per heavy atom. The van der Waals surface area contributed by atoms with E-state index in [0.29, 0.717) is 64.9 Å². The minimum atomic E-state index is -0.219. The Kier molecular flexibility index (Phi) is 14.5. The summed E-state index contributed by atoms with van der Waals surface area (Å²) >= 11 is 0. The van der Waals surface area contributed by atoms with E-state index in [1.807, 2.05) is 42.5 Å². The van der Waals surface area contributed by atoms with Crippen molar-refractivity contribution in [2.75, 3.05) is 35.0 Å². The van der Waals surface area contributed by atoms with Gasteiger partial charge < -0.3 is 33.5 Å². The second kappa shape index (κ2) is 19.0. The highest BCUT2D eigenvalue weighted by Crippen LogP contribution is 2.35. The lowest BCUT2D eigenvalue weighted by molar-refractivity contribution is 0.174. The molecule has 0 saturated carbocycles. The zero-order valence-corrected chi connectivity index (χ0v) is 27.1. The molecule has 0 aliphatic carbocycles. The third kappa shape index (κ3) is 10.5. The fourth-order valence-corrected chi connectivity index (χ4v) is 4.63. The predicted octanol–water partition coefficient (Wildman–Crippen LogP) is 7.74. The summed E-state index contributed by atoms with van der Waals surface area (Å²) in [5, 5.41) is 26.9. The van der Waals surface area contributed by atoms with Crippen LogP contribution in [0.3, 0.4) is 0 Å². The topological polar surface area (TPSA) is 123 Å². The molecule has 2 unspecified atom stereocenters. The summed E-state index contributed by atoms with van der Waals surface area (Å²) in [6.07, 6.45) is 3.35. The molecule has 244 valence electrons. The zero-order chi connectivity index (χ0) is 34.0. The van der Waals surface area contributed by atoms with E-state index in [1.165, 1.54) is 0 Å². The number of nitrogens with zero attached hydrogens (tertiary/aromatic N) is 2. The quantitative estimate of drug-likeness (QED) is 0.131. The number of ether oxygens (including phenoxy) is 6. The predicted molar refractivity (Wildman–Crippen MR) is 179 cm³/mol. The van der Waals surface area contributed by atoms with Crippen LogP contribution in [-0.4, -0.2) is 40.2 Å². The molecular weight excluding hydrogens is 596 g/mol. The van der Waals surface area contributed by atoms with Crippen LogP contribution in [0.1, 0.15) is 53.7 Å². The van der Waals surface area contributed by atoms with Crippen molar-refractivity contribution in [1.29, 1.82) is 10.5 Å². The molecule has 0 aromatic heterocycles. The van der Waals surface area contributed by atoms with Crippen LogP contribution in [0.4, 0.5) is 0 Å². The summed E-state index contributed by atoms with van der Waals surface area (Å²) in [5.41, 5.74) is 3.17. The maximum Gasteiger partial charge on any atom is 0.164 e. The van der Waals surface area contributed by atoms with E-state index < -0.39 is 0 Å². The first-order valence-electron chi connectivity index (χ1n) is 14.9. The summed E-state index contributed by atoms with van der Waals surface area (Å²) in [6.45, 7) is 3.88. The molecule has 0 spiro atoms. The maximum absolute atomic E-state index is 9.13. The van der Waals surface area contributed by atoms with Crippen LogP contribution in [0.15, 0.2) is 97.6 Å². The van der Waals surface area contributed by atoms with Gasteiger partial charge in [0.25, 0.3) is 0 Å². The van der Waals surface area contributed by atoms with Gasteiger partial charge in [0.1, 0.15) is 23.7 Å². The smallest absolute Gasteiger partial charge is 0.164 e.